The van der Waals surface area contributed by atoms with E-state index in [1.807, 2.05) is 0 Å². The van der Waals surface area contributed by atoms with Crippen LogP contribution in [0.15, 0.2) is 46.9 Å². The highest BCUT2D eigenvalue weighted by molar-refractivity contribution is 9.10. The molecule has 0 spiro atoms. The molecule has 3 aromatic rings. The maximum absolute atomic E-state index is 12.2. The number of aromatic nitrogens is 1. The van der Waals surface area contributed by atoms with Gasteiger partial charge in [0.05, 0.1) is 22.4 Å². The minimum Gasteiger partial charge on any atom is -0.462 e. The maximum Gasteiger partial charge on any atom is 0.338 e. The van der Waals surface area contributed by atoms with E-state index in [1.54, 1.807) is 49.4 Å². The van der Waals surface area contributed by atoms with Crippen LogP contribution in [0, 0.1) is 0 Å². The van der Waals surface area contributed by atoms with Gasteiger partial charge < -0.3 is 4.74 Å². The van der Waals surface area contributed by atoms with Crippen molar-refractivity contribution < 1.29 is 14.3 Å². The molecule has 5 nitrogen and oxygen atoms in total. The first kappa shape index (κ1) is 16.6. The Hall–Kier alpha value is -2.25. The monoisotopic (exact) mass is 404 g/mol. The molecule has 7 heteroatoms. The molecule has 1 aromatic heterocycles. The highest BCUT2D eigenvalue weighted by Gasteiger charge is 2.12. The fourth-order valence-electron chi connectivity index (χ4n) is 2.09. The van der Waals surface area contributed by atoms with Crippen LogP contribution in [0.4, 0.5) is 5.13 Å². The molecule has 1 amide bonds. The van der Waals surface area contributed by atoms with Gasteiger partial charge in [-0.2, -0.15) is 0 Å². The molecule has 0 aliphatic heterocycles. The van der Waals surface area contributed by atoms with Gasteiger partial charge in [-0.3, -0.25) is 10.1 Å². The second kappa shape index (κ2) is 7.11. The number of benzene rings is 2. The van der Waals surface area contributed by atoms with Crippen molar-refractivity contribution in [1.29, 1.82) is 0 Å². The van der Waals surface area contributed by atoms with E-state index in [0.29, 0.717) is 22.9 Å². The number of ether oxygens (including phenoxy) is 1. The molecule has 0 bridgehead atoms. The Labute approximate surface area is 150 Å². The average molecular weight is 405 g/mol. The SMILES string of the molecule is CCOC(=O)c1ccc2nc(NC(=O)c3ccc(Br)cc3)sc2c1. The van der Waals surface area contributed by atoms with E-state index < -0.39 is 0 Å². The molecule has 0 aliphatic carbocycles. The Bertz CT molecular complexity index is 906. The van der Waals surface area contributed by atoms with Gasteiger partial charge in [-0.05, 0) is 49.4 Å². The summed E-state index contributed by atoms with van der Waals surface area (Å²) in [6, 6.07) is 12.2. The lowest BCUT2D eigenvalue weighted by Crippen LogP contribution is -2.11. The summed E-state index contributed by atoms with van der Waals surface area (Å²) < 4.78 is 6.71. The number of carbonyl (C=O) groups is 2. The number of halogens is 1. The van der Waals surface area contributed by atoms with Crippen LogP contribution in [0.5, 0.6) is 0 Å². The lowest BCUT2D eigenvalue weighted by Gasteiger charge is -2.01. The van der Waals surface area contributed by atoms with Gasteiger partial charge in [0, 0.05) is 10.0 Å². The van der Waals surface area contributed by atoms with Crippen LogP contribution in [-0.4, -0.2) is 23.5 Å². The average Bonchev–Trinajstić information content (AvgIpc) is 2.96. The van der Waals surface area contributed by atoms with Crippen molar-refractivity contribution in [2.75, 3.05) is 11.9 Å². The molecule has 1 heterocycles. The fraction of sp³-hybridized carbons (Fsp3) is 0.118. The molecular weight excluding hydrogens is 392 g/mol. The molecule has 1 N–H and O–H groups in total. The van der Waals surface area contributed by atoms with Crippen molar-refractivity contribution in [1.82, 2.24) is 4.98 Å². The van der Waals surface area contributed by atoms with Crippen LogP contribution in [0.2, 0.25) is 0 Å². The lowest BCUT2D eigenvalue weighted by molar-refractivity contribution is 0.0526. The van der Waals surface area contributed by atoms with Crippen molar-refractivity contribution in [2.24, 2.45) is 0 Å². The fourth-order valence-corrected chi connectivity index (χ4v) is 3.25. The smallest absolute Gasteiger partial charge is 0.338 e. The highest BCUT2D eigenvalue weighted by Crippen LogP contribution is 2.27. The number of thiazole rings is 1. The molecule has 0 aliphatic rings. The van der Waals surface area contributed by atoms with E-state index >= 15 is 0 Å². The number of nitrogens with zero attached hydrogens (tertiary/aromatic N) is 1. The molecule has 0 saturated carbocycles. The molecule has 0 saturated heterocycles. The number of anilines is 1. The minimum absolute atomic E-state index is 0.229. The molecule has 0 fully saturated rings. The first-order chi connectivity index (χ1) is 11.6. The van der Waals surface area contributed by atoms with Gasteiger partial charge in [0.15, 0.2) is 5.13 Å². The van der Waals surface area contributed by atoms with Crippen LogP contribution in [0.3, 0.4) is 0 Å². The van der Waals surface area contributed by atoms with Gasteiger partial charge >= 0.3 is 5.97 Å². The van der Waals surface area contributed by atoms with E-state index in [1.165, 1.54) is 11.3 Å². The predicted octanol–water partition coefficient (Wildman–Crippen LogP) is 4.49. The number of rotatable bonds is 4. The Kier molecular flexibility index (Phi) is 4.92. The lowest BCUT2D eigenvalue weighted by atomic mass is 10.2. The first-order valence-corrected chi connectivity index (χ1v) is 8.82. The van der Waals surface area contributed by atoms with Crippen molar-refractivity contribution >= 4 is 54.5 Å². The third-order valence-corrected chi connectivity index (χ3v) is 4.69. The predicted molar refractivity (Wildman–Crippen MR) is 97.7 cm³/mol. The molecular formula is C17H13BrN2O3S. The molecule has 122 valence electrons. The number of fused-ring (bicyclic) bond motifs is 1. The van der Waals surface area contributed by atoms with Crippen LogP contribution in [0.1, 0.15) is 27.6 Å². The van der Waals surface area contributed by atoms with Crippen LogP contribution >= 0.6 is 27.3 Å². The zero-order valence-corrected chi connectivity index (χ0v) is 15.1. The highest BCUT2D eigenvalue weighted by atomic mass is 79.9. The van der Waals surface area contributed by atoms with Gasteiger partial charge in [0.2, 0.25) is 0 Å². The largest absolute Gasteiger partial charge is 0.462 e. The number of nitrogens with one attached hydrogen (secondary N) is 1. The van der Waals surface area contributed by atoms with E-state index in [9.17, 15) is 9.59 Å². The Morgan fingerprint density at radius 1 is 1.17 bits per heavy atom. The molecule has 0 unspecified atom stereocenters. The quantitative estimate of drug-likeness (QED) is 0.650. The van der Waals surface area contributed by atoms with E-state index in [0.717, 1.165) is 14.7 Å². The normalized spacial score (nSPS) is 10.6. The summed E-state index contributed by atoms with van der Waals surface area (Å²) in [5.74, 6) is -0.597. The van der Waals surface area contributed by atoms with Gasteiger partial charge in [0.25, 0.3) is 5.91 Å². The Morgan fingerprint density at radius 3 is 2.58 bits per heavy atom. The van der Waals surface area contributed by atoms with Gasteiger partial charge in [0.1, 0.15) is 0 Å². The number of amides is 1. The second-order valence-electron chi connectivity index (χ2n) is 4.88. The number of hydrogen-bond acceptors (Lipinski definition) is 5. The van der Waals surface area contributed by atoms with Gasteiger partial charge in [-0.1, -0.05) is 27.3 Å². The number of hydrogen-bond donors (Lipinski definition) is 1. The summed E-state index contributed by atoms with van der Waals surface area (Å²) in [4.78, 5) is 28.4. The van der Waals surface area contributed by atoms with Crippen LogP contribution < -0.4 is 5.32 Å². The number of carbonyl (C=O) groups excluding carboxylic acids is 2. The summed E-state index contributed by atoms with van der Waals surface area (Å²) in [7, 11) is 0. The van der Waals surface area contributed by atoms with Crippen molar-refractivity contribution in [2.45, 2.75) is 6.92 Å². The second-order valence-corrected chi connectivity index (χ2v) is 6.83. The van der Waals surface area contributed by atoms with Gasteiger partial charge in [-0.25, -0.2) is 9.78 Å². The zero-order valence-electron chi connectivity index (χ0n) is 12.7. The molecule has 2 aromatic carbocycles. The van der Waals surface area contributed by atoms with Crippen LogP contribution in [-0.2, 0) is 4.74 Å². The van der Waals surface area contributed by atoms with Crippen molar-refractivity contribution in [3.8, 4) is 0 Å². The Balaban J connectivity index is 1.81. The van der Waals surface area contributed by atoms with E-state index in [2.05, 4.69) is 26.2 Å². The molecule has 3 rings (SSSR count). The number of esters is 1. The molecule has 0 atom stereocenters. The summed E-state index contributed by atoms with van der Waals surface area (Å²) >= 11 is 4.65. The molecule has 0 radical (unpaired) electrons. The van der Waals surface area contributed by atoms with E-state index in [-0.39, 0.29) is 11.9 Å². The third-order valence-electron chi connectivity index (χ3n) is 3.23. The third kappa shape index (κ3) is 3.63. The standard InChI is InChI=1S/C17H13BrN2O3S/c1-2-23-16(22)11-5-8-13-14(9-11)24-17(19-13)20-15(21)10-3-6-12(18)7-4-10/h3-9H,2H2,1H3,(H,19,20,21). The first-order valence-electron chi connectivity index (χ1n) is 7.21. The topological polar surface area (TPSA) is 68.3 Å². The summed E-state index contributed by atoms with van der Waals surface area (Å²) in [5, 5.41) is 3.26. The minimum atomic E-state index is -0.367. The molecule has 24 heavy (non-hydrogen) atoms. The zero-order chi connectivity index (χ0) is 17.1. The summed E-state index contributed by atoms with van der Waals surface area (Å²) in [6.07, 6.45) is 0. The van der Waals surface area contributed by atoms with Gasteiger partial charge in [-0.15, -0.1) is 0 Å². The van der Waals surface area contributed by atoms with E-state index in [4.69, 9.17) is 4.74 Å². The van der Waals surface area contributed by atoms with Crippen molar-refractivity contribution in [3.63, 3.8) is 0 Å². The van der Waals surface area contributed by atoms with Crippen LogP contribution in [0.25, 0.3) is 10.2 Å². The summed E-state index contributed by atoms with van der Waals surface area (Å²) in [6.45, 7) is 2.09. The summed E-state index contributed by atoms with van der Waals surface area (Å²) in [5.41, 5.74) is 1.74. The maximum atomic E-state index is 12.2. The van der Waals surface area contributed by atoms with Crippen molar-refractivity contribution in [3.05, 3.63) is 58.1 Å². The Morgan fingerprint density at radius 2 is 1.88 bits per heavy atom.